The molecule has 3 fully saturated rings. The number of aliphatic hydroxyl groups is 2. The average Bonchev–Trinajstić information content (AvgIpc) is 3.36. The van der Waals surface area contributed by atoms with Gasteiger partial charge in [-0.15, -0.1) is 11.3 Å². The monoisotopic (exact) mass is 447 g/mol. The first-order chi connectivity index (χ1) is 14.8. The Balaban J connectivity index is 1.58. The van der Waals surface area contributed by atoms with Crippen LogP contribution in [0.4, 0.5) is 0 Å². The zero-order valence-electron chi connectivity index (χ0n) is 19.1. The Morgan fingerprint density at radius 1 is 1.16 bits per heavy atom. The van der Waals surface area contributed by atoms with Crippen LogP contribution < -0.4 is 0 Å². The van der Waals surface area contributed by atoms with Crippen LogP contribution in [0, 0.1) is 22.7 Å². The third kappa shape index (κ3) is 2.91. The van der Waals surface area contributed by atoms with Gasteiger partial charge in [0.1, 0.15) is 17.4 Å². The number of aliphatic hydroxyl groups excluding tert-OH is 1. The standard InChI is InChI=1S/C25H37NO4S/c1-4-29-16-30-25-12-11-24(28,21-26-13-14-31-21)23(25,3)10-8-19-20(25)6-5-17-15-18(27)7-9-22(17,19)2/h5,13-14,18-20,27-28H,4,6-12,15-16H2,1-3H3/t18-,19-,20+,22-,23+,24-,25-/m0/s1. The summed E-state index contributed by atoms with van der Waals surface area (Å²) in [5, 5.41) is 25.2. The number of aromatic nitrogens is 1. The molecule has 0 aliphatic heterocycles. The van der Waals surface area contributed by atoms with Gasteiger partial charge in [-0.1, -0.05) is 25.5 Å². The first kappa shape index (κ1) is 22.0. The number of nitrogens with zero attached hydrogens (tertiary/aromatic N) is 1. The second-order valence-electron chi connectivity index (χ2n) is 10.7. The first-order valence-corrected chi connectivity index (χ1v) is 12.9. The van der Waals surface area contributed by atoms with Crippen molar-refractivity contribution in [2.45, 2.75) is 89.4 Å². The molecule has 0 amide bonds. The van der Waals surface area contributed by atoms with E-state index >= 15 is 0 Å². The van der Waals surface area contributed by atoms with Gasteiger partial charge in [0.15, 0.2) is 0 Å². The largest absolute Gasteiger partial charge is 0.393 e. The minimum Gasteiger partial charge on any atom is -0.393 e. The van der Waals surface area contributed by atoms with Gasteiger partial charge in [0.05, 0.1) is 11.7 Å². The average molecular weight is 448 g/mol. The summed E-state index contributed by atoms with van der Waals surface area (Å²) in [7, 11) is 0. The predicted molar refractivity (Wildman–Crippen MR) is 121 cm³/mol. The minimum absolute atomic E-state index is 0.118. The van der Waals surface area contributed by atoms with Crippen LogP contribution in [-0.2, 0) is 15.1 Å². The smallest absolute Gasteiger partial charge is 0.147 e. The van der Waals surface area contributed by atoms with E-state index < -0.39 is 16.6 Å². The lowest BCUT2D eigenvalue weighted by Gasteiger charge is -2.63. The lowest BCUT2D eigenvalue weighted by molar-refractivity contribution is -0.267. The summed E-state index contributed by atoms with van der Waals surface area (Å²) < 4.78 is 12.5. The highest BCUT2D eigenvalue weighted by Crippen LogP contribution is 2.72. The van der Waals surface area contributed by atoms with Crippen LogP contribution in [-0.4, -0.2) is 40.3 Å². The molecule has 4 aliphatic rings. The van der Waals surface area contributed by atoms with E-state index in [4.69, 9.17) is 9.47 Å². The Morgan fingerprint density at radius 2 is 2.00 bits per heavy atom. The van der Waals surface area contributed by atoms with E-state index in [0.29, 0.717) is 24.9 Å². The highest BCUT2D eigenvalue weighted by atomic mass is 32.1. The Hall–Kier alpha value is -0.790. The number of allylic oxidation sites excluding steroid dienone is 1. The van der Waals surface area contributed by atoms with E-state index in [1.165, 1.54) is 5.57 Å². The molecule has 0 bridgehead atoms. The van der Waals surface area contributed by atoms with Crippen LogP contribution in [0.1, 0.15) is 77.1 Å². The van der Waals surface area contributed by atoms with Crippen LogP contribution in [0.15, 0.2) is 23.2 Å². The molecule has 172 valence electrons. The zero-order chi connectivity index (χ0) is 21.9. The van der Waals surface area contributed by atoms with Crippen molar-refractivity contribution in [1.82, 2.24) is 4.98 Å². The van der Waals surface area contributed by atoms with Crippen LogP contribution in [0.5, 0.6) is 0 Å². The molecule has 5 nitrogen and oxygen atoms in total. The number of hydrogen-bond donors (Lipinski definition) is 2. The molecule has 2 N–H and O–H groups in total. The Kier molecular flexibility index (Phi) is 5.42. The lowest BCUT2D eigenvalue weighted by Crippen LogP contribution is -2.64. The fraction of sp³-hybridized carbons (Fsp3) is 0.800. The van der Waals surface area contributed by atoms with E-state index in [-0.39, 0.29) is 18.3 Å². The maximum atomic E-state index is 12.1. The molecule has 0 radical (unpaired) electrons. The molecule has 31 heavy (non-hydrogen) atoms. The molecule has 0 spiro atoms. The fourth-order valence-corrected chi connectivity index (χ4v) is 8.83. The Bertz CT molecular complexity index is 843. The lowest BCUT2D eigenvalue weighted by atomic mass is 9.45. The van der Waals surface area contributed by atoms with Gasteiger partial charge in [-0.2, -0.15) is 0 Å². The number of rotatable bonds is 5. The van der Waals surface area contributed by atoms with Crippen LogP contribution in [0.25, 0.3) is 0 Å². The van der Waals surface area contributed by atoms with E-state index in [9.17, 15) is 10.2 Å². The Morgan fingerprint density at radius 3 is 2.74 bits per heavy atom. The van der Waals surface area contributed by atoms with Gasteiger partial charge >= 0.3 is 0 Å². The van der Waals surface area contributed by atoms with Crippen molar-refractivity contribution in [3.63, 3.8) is 0 Å². The molecule has 6 heteroatoms. The van der Waals surface area contributed by atoms with Gasteiger partial charge in [0.2, 0.25) is 0 Å². The molecule has 0 aromatic carbocycles. The number of fused-ring (bicyclic) bond motifs is 5. The topological polar surface area (TPSA) is 71.8 Å². The van der Waals surface area contributed by atoms with Gasteiger partial charge in [0, 0.05) is 23.6 Å². The van der Waals surface area contributed by atoms with Crippen LogP contribution in [0.2, 0.25) is 0 Å². The van der Waals surface area contributed by atoms with Crippen molar-refractivity contribution in [2.24, 2.45) is 22.7 Å². The van der Waals surface area contributed by atoms with Crippen molar-refractivity contribution >= 4 is 11.3 Å². The van der Waals surface area contributed by atoms with Crippen molar-refractivity contribution in [3.8, 4) is 0 Å². The summed E-state index contributed by atoms with van der Waals surface area (Å²) in [6.45, 7) is 7.55. The van der Waals surface area contributed by atoms with E-state index in [0.717, 1.165) is 50.0 Å². The summed E-state index contributed by atoms with van der Waals surface area (Å²) in [6.07, 6.45) is 11.2. The maximum Gasteiger partial charge on any atom is 0.147 e. The molecule has 3 saturated carbocycles. The third-order valence-electron chi connectivity index (χ3n) is 9.76. The quantitative estimate of drug-likeness (QED) is 0.386. The zero-order valence-corrected chi connectivity index (χ0v) is 19.9. The van der Waals surface area contributed by atoms with Gasteiger partial charge in [-0.3, -0.25) is 0 Å². The molecule has 7 atom stereocenters. The van der Waals surface area contributed by atoms with Gasteiger partial charge in [-0.05, 0) is 75.5 Å². The van der Waals surface area contributed by atoms with E-state index in [1.54, 1.807) is 17.5 Å². The number of hydrogen-bond acceptors (Lipinski definition) is 6. The number of ether oxygens (including phenoxy) is 2. The molecule has 1 aromatic rings. The summed E-state index contributed by atoms with van der Waals surface area (Å²) >= 11 is 1.56. The first-order valence-electron chi connectivity index (χ1n) is 12.0. The molecule has 0 saturated heterocycles. The summed E-state index contributed by atoms with van der Waals surface area (Å²) in [6, 6.07) is 0. The highest BCUT2D eigenvalue weighted by Gasteiger charge is 2.73. The van der Waals surface area contributed by atoms with Crippen molar-refractivity contribution in [2.75, 3.05) is 13.4 Å². The highest BCUT2D eigenvalue weighted by molar-refractivity contribution is 7.09. The molecular weight excluding hydrogens is 410 g/mol. The van der Waals surface area contributed by atoms with Crippen molar-refractivity contribution in [1.29, 1.82) is 0 Å². The normalized spacial score (nSPS) is 46.7. The molecule has 5 rings (SSSR count). The van der Waals surface area contributed by atoms with Crippen molar-refractivity contribution < 1.29 is 19.7 Å². The van der Waals surface area contributed by atoms with Gasteiger partial charge < -0.3 is 19.7 Å². The van der Waals surface area contributed by atoms with Gasteiger partial charge in [-0.25, -0.2) is 4.98 Å². The molecule has 4 aliphatic carbocycles. The maximum absolute atomic E-state index is 12.1. The molecule has 1 aromatic heterocycles. The summed E-state index contributed by atoms with van der Waals surface area (Å²) in [5.74, 6) is 0.845. The van der Waals surface area contributed by atoms with Crippen molar-refractivity contribution in [3.05, 3.63) is 28.2 Å². The second kappa shape index (κ2) is 7.63. The molecule has 0 unspecified atom stereocenters. The molecular formula is C25H37NO4S. The minimum atomic E-state index is -0.966. The predicted octanol–water partition coefficient (Wildman–Crippen LogP) is 4.79. The number of thiazole rings is 1. The summed E-state index contributed by atoms with van der Waals surface area (Å²) in [4.78, 5) is 4.57. The fourth-order valence-electron chi connectivity index (χ4n) is 7.93. The third-order valence-corrected chi connectivity index (χ3v) is 10.7. The van der Waals surface area contributed by atoms with Gasteiger partial charge in [0.25, 0.3) is 0 Å². The molecule has 1 heterocycles. The second-order valence-corrected chi connectivity index (χ2v) is 11.6. The van der Waals surface area contributed by atoms with Crippen LogP contribution in [0.3, 0.4) is 0 Å². The van der Waals surface area contributed by atoms with Crippen LogP contribution >= 0.6 is 11.3 Å². The Labute approximate surface area is 189 Å². The SMILES string of the molecule is CCOCO[C@]12CC[C@](O)(c3nccs3)[C@@]1(C)CC[C@H]1[C@H]2CC=C2C[C@@H](O)CC[C@@]21C. The van der Waals surface area contributed by atoms with E-state index in [1.807, 2.05) is 12.3 Å². The van der Waals surface area contributed by atoms with E-state index in [2.05, 4.69) is 24.9 Å². The summed E-state index contributed by atoms with van der Waals surface area (Å²) in [5.41, 5.74) is -0.248.